The molecule has 0 saturated heterocycles. The molecule has 112 valence electrons. The van der Waals surface area contributed by atoms with E-state index in [4.69, 9.17) is 5.73 Å². The summed E-state index contributed by atoms with van der Waals surface area (Å²) in [6.07, 6.45) is 2.33. The second-order valence-electron chi connectivity index (χ2n) is 5.46. The summed E-state index contributed by atoms with van der Waals surface area (Å²) in [7, 11) is 1.78. The Bertz CT molecular complexity index is 434. The predicted molar refractivity (Wildman–Crippen MR) is 81.4 cm³/mol. The number of benzene rings is 1. The Kier molecular flexibility index (Phi) is 6.52. The number of carbonyl (C=O) groups excluding carboxylic acids is 1. The van der Waals surface area contributed by atoms with Gasteiger partial charge in [-0.3, -0.25) is 4.79 Å². The van der Waals surface area contributed by atoms with Crippen molar-refractivity contribution >= 4 is 5.91 Å². The lowest BCUT2D eigenvalue weighted by molar-refractivity contribution is -0.132. The highest BCUT2D eigenvalue weighted by atomic mass is 16.3. The molecule has 1 amide bonds. The van der Waals surface area contributed by atoms with E-state index >= 15 is 0 Å². The van der Waals surface area contributed by atoms with E-state index in [1.807, 2.05) is 19.1 Å². The number of hydrogen-bond donors (Lipinski definition) is 2. The Morgan fingerprint density at radius 1 is 1.30 bits per heavy atom. The molecule has 4 heteroatoms. The zero-order chi connectivity index (χ0) is 15.1. The maximum atomic E-state index is 12.2. The zero-order valence-corrected chi connectivity index (χ0v) is 12.7. The third-order valence-electron chi connectivity index (χ3n) is 3.87. The van der Waals surface area contributed by atoms with Gasteiger partial charge in [-0.25, -0.2) is 0 Å². The summed E-state index contributed by atoms with van der Waals surface area (Å²) in [5.74, 6) is 0.804. The number of hydrogen-bond acceptors (Lipinski definition) is 3. The van der Waals surface area contributed by atoms with Crippen molar-refractivity contribution in [3.8, 4) is 5.75 Å². The molecule has 0 fully saturated rings. The number of nitrogens with zero attached hydrogens (tertiary/aromatic N) is 1. The van der Waals surface area contributed by atoms with Crippen molar-refractivity contribution in [2.45, 2.75) is 39.2 Å². The van der Waals surface area contributed by atoms with Crippen molar-refractivity contribution in [3.05, 3.63) is 29.8 Å². The van der Waals surface area contributed by atoms with Crippen LogP contribution in [0.5, 0.6) is 5.75 Å². The molecule has 20 heavy (non-hydrogen) atoms. The number of para-hydroxylation sites is 1. The molecule has 3 N–H and O–H groups in total. The van der Waals surface area contributed by atoms with E-state index in [1.54, 1.807) is 24.1 Å². The van der Waals surface area contributed by atoms with Crippen molar-refractivity contribution < 1.29 is 9.90 Å². The minimum Gasteiger partial charge on any atom is -0.508 e. The lowest BCUT2D eigenvalue weighted by Gasteiger charge is -2.26. The van der Waals surface area contributed by atoms with E-state index < -0.39 is 0 Å². The van der Waals surface area contributed by atoms with E-state index in [0.29, 0.717) is 18.9 Å². The lowest BCUT2D eigenvalue weighted by atomic mass is 10.0. The average Bonchev–Trinajstić information content (AvgIpc) is 2.44. The number of nitrogens with two attached hydrogens (primary N) is 1. The van der Waals surface area contributed by atoms with Gasteiger partial charge >= 0.3 is 0 Å². The first kappa shape index (κ1) is 16.5. The summed E-state index contributed by atoms with van der Waals surface area (Å²) in [6.45, 7) is 4.71. The Labute approximate surface area is 121 Å². The minimum absolute atomic E-state index is 0.102. The summed E-state index contributed by atoms with van der Waals surface area (Å²) in [4.78, 5) is 13.9. The molecule has 1 aromatic carbocycles. The molecule has 2 unspecified atom stereocenters. The number of carbonyl (C=O) groups is 1. The van der Waals surface area contributed by atoms with Crippen LogP contribution in [0, 0.1) is 5.92 Å². The van der Waals surface area contributed by atoms with Gasteiger partial charge in [0, 0.05) is 19.0 Å². The number of phenolic OH excluding ortho intramolecular Hbond substituents is 1. The predicted octanol–water partition coefficient (Wildman–Crippen LogP) is 2.68. The quantitative estimate of drug-likeness (QED) is 0.806. The SMILES string of the molecule is CC(CCN)CCC(=O)N(C)C(C)c1ccccc1O. The third-order valence-corrected chi connectivity index (χ3v) is 3.87. The molecule has 1 aromatic rings. The van der Waals surface area contributed by atoms with Gasteiger partial charge in [0.05, 0.1) is 6.04 Å². The molecular weight excluding hydrogens is 252 g/mol. The van der Waals surface area contributed by atoms with Crippen LogP contribution in [0.1, 0.15) is 44.7 Å². The normalized spacial score (nSPS) is 13.8. The van der Waals surface area contributed by atoms with Crippen molar-refractivity contribution in [3.63, 3.8) is 0 Å². The van der Waals surface area contributed by atoms with Crippen LogP contribution in [0.3, 0.4) is 0 Å². The standard InChI is InChI=1S/C16H26N2O2/c1-12(10-11-17)8-9-16(20)18(3)13(2)14-6-4-5-7-15(14)19/h4-7,12-13,19H,8-11,17H2,1-3H3. The van der Waals surface area contributed by atoms with Crippen molar-refractivity contribution in [2.24, 2.45) is 11.7 Å². The van der Waals surface area contributed by atoms with E-state index in [-0.39, 0.29) is 17.7 Å². The molecule has 1 rings (SSSR count). The first-order valence-electron chi connectivity index (χ1n) is 7.21. The Morgan fingerprint density at radius 3 is 2.55 bits per heavy atom. The van der Waals surface area contributed by atoms with Gasteiger partial charge < -0.3 is 15.7 Å². The summed E-state index contributed by atoms with van der Waals surface area (Å²) in [5.41, 5.74) is 6.29. The van der Waals surface area contributed by atoms with Crippen molar-refractivity contribution in [1.82, 2.24) is 4.90 Å². The van der Waals surface area contributed by atoms with E-state index in [0.717, 1.165) is 18.4 Å². The highest BCUT2D eigenvalue weighted by molar-refractivity contribution is 5.76. The topological polar surface area (TPSA) is 66.6 Å². The molecule has 0 saturated carbocycles. The molecule has 0 bridgehead atoms. The fourth-order valence-corrected chi connectivity index (χ4v) is 2.24. The second-order valence-corrected chi connectivity index (χ2v) is 5.46. The van der Waals surface area contributed by atoms with Gasteiger partial charge in [-0.15, -0.1) is 0 Å². The largest absolute Gasteiger partial charge is 0.508 e. The molecule has 0 spiro atoms. The molecule has 0 aliphatic heterocycles. The molecule has 0 radical (unpaired) electrons. The molecule has 0 aliphatic rings. The van der Waals surface area contributed by atoms with Gasteiger partial charge in [0.15, 0.2) is 0 Å². The number of amides is 1. The van der Waals surface area contributed by atoms with Crippen LogP contribution < -0.4 is 5.73 Å². The highest BCUT2D eigenvalue weighted by Gasteiger charge is 2.19. The molecular formula is C16H26N2O2. The van der Waals surface area contributed by atoms with Crippen molar-refractivity contribution in [1.29, 1.82) is 0 Å². The maximum Gasteiger partial charge on any atom is 0.222 e. The third kappa shape index (κ3) is 4.53. The lowest BCUT2D eigenvalue weighted by Crippen LogP contribution is -2.29. The van der Waals surface area contributed by atoms with Crippen LogP contribution in [-0.4, -0.2) is 29.5 Å². The zero-order valence-electron chi connectivity index (χ0n) is 12.7. The van der Waals surface area contributed by atoms with E-state index in [9.17, 15) is 9.90 Å². The Balaban J connectivity index is 2.58. The van der Waals surface area contributed by atoms with E-state index in [2.05, 4.69) is 6.92 Å². The smallest absolute Gasteiger partial charge is 0.222 e. The summed E-state index contributed by atoms with van der Waals surface area (Å²) in [5, 5.41) is 9.85. The molecule has 0 heterocycles. The Hall–Kier alpha value is -1.55. The maximum absolute atomic E-state index is 12.2. The second kappa shape index (κ2) is 7.90. The van der Waals surface area contributed by atoms with Crippen LogP contribution in [0.25, 0.3) is 0 Å². The van der Waals surface area contributed by atoms with Gasteiger partial charge in [-0.05, 0) is 38.3 Å². The van der Waals surface area contributed by atoms with E-state index in [1.165, 1.54) is 0 Å². The monoisotopic (exact) mass is 278 g/mol. The van der Waals surface area contributed by atoms with Gasteiger partial charge in [0.1, 0.15) is 5.75 Å². The van der Waals surface area contributed by atoms with Gasteiger partial charge in [0.2, 0.25) is 5.91 Å². The Morgan fingerprint density at radius 2 is 1.95 bits per heavy atom. The van der Waals surface area contributed by atoms with Crippen LogP contribution in [-0.2, 0) is 4.79 Å². The fraction of sp³-hybridized carbons (Fsp3) is 0.562. The van der Waals surface area contributed by atoms with Crippen LogP contribution in [0.2, 0.25) is 0 Å². The number of aromatic hydroxyl groups is 1. The average molecular weight is 278 g/mol. The summed E-state index contributed by atoms with van der Waals surface area (Å²) < 4.78 is 0. The summed E-state index contributed by atoms with van der Waals surface area (Å²) >= 11 is 0. The number of rotatable bonds is 7. The summed E-state index contributed by atoms with van der Waals surface area (Å²) in [6, 6.07) is 7.01. The van der Waals surface area contributed by atoms with Gasteiger partial charge in [-0.2, -0.15) is 0 Å². The van der Waals surface area contributed by atoms with Crippen LogP contribution in [0.4, 0.5) is 0 Å². The molecule has 2 atom stereocenters. The van der Waals surface area contributed by atoms with Crippen molar-refractivity contribution in [2.75, 3.05) is 13.6 Å². The molecule has 4 nitrogen and oxygen atoms in total. The first-order chi connectivity index (χ1) is 9.47. The van der Waals surface area contributed by atoms with Crippen LogP contribution in [0.15, 0.2) is 24.3 Å². The van der Waals surface area contributed by atoms with Crippen LogP contribution >= 0.6 is 0 Å². The van der Waals surface area contributed by atoms with Gasteiger partial charge in [0.25, 0.3) is 0 Å². The fourth-order valence-electron chi connectivity index (χ4n) is 2.24. The highest BCUT2D eigenvalue weighted by Crippen LogP contribution is 2.27. The van der Waals surface area contributed by atoms with Gasteiger partial charge in [-0.1, -0.05) is 25.1 Å². The minimum atomic E-state index is -0.131. The number of phenols is 1. The molecule has 0 aromatic heterocycles. The molecule has 0 aliphatic carbocycles. The first-order valence-corrected chi connectivity index (χ1v) is 7.21.